The second-order valence-electron chi connectivity index (χ2n) is 5.25. The van der Waals surface area contributed by atoms with Crippen LogP contribution in [0.3, 0.4) is 0 Å². The Morgan fingerprint density at radius 3 is 2.50 bits per heavy atom. The summed E-state index contributed by atoms with van der Waals surface area (Å²) in [4.78, 5) is 11.5. The maximum atomic E-state index is 11.5. The van der Waals surface area contributed by atoms with Gasteiger partial charge in [-0.2, -0.15) is 0 Å². The predicted octanol–water partition coefficient (Wildman–Crippen LogP) is 2.68. The van der Waals surface area contributed by atoms with Crippen LogP contribution in [0.15, 0.2) is 18.2 Å². The lowest BCUT2D eigenvalue weighted by Gasteiger charge is -2.09. The highest BCUT2D eigenvalue weighted by molar-refractivity contribution is 6.83. The third-order valence-corrected chi connectivity index (χ3v) is 3.18. The lowest BCUT2D eigenvalue weighted by molar-refractivity contribution is 0.0502. The van der Waals surface area contributed by atoms with Gasteiger partial charge in [-0.25, -0.2) is 4.79 Å². The van der Waals surface area contributed by atoms with Crippen LogP contribution in [0.25, 0.3) is 0 Å². The van der Waals surface area contributed by atoms with Crippen LogP contribution >= 0.6 is 0 Å². The Hall–Kier alpha value is -1.77. The number of hydrogen-bond acceptors (Lipinski definition) is 4. The van der Waals surface area contributed by atoms with E-state index in [4.69, 9.17) is 14.2 Å². The van der Waals surface area contributed by atoms with Crippen molar-refractivity contribution in [1.29, 1.82) is 0 Å². The Bertz CT molecular complexity index is 535. The van der Waals surface area contributed by atoms with Crippen molar-refractivity contribution in [3.63, 3.8) is 0 Å². The summed E-state index contributed by atoms with van der Waals surface area (Å²) < 4.78 is 15.1. The van der Waals surface area contributed by atoms with Crippen LogP contribution in [-0.4, -0.2) is 35.1 Å². The van der Waals surface area contributed by atoms with Gasteiger partial charge in [0.2, 0.25) is 0 Å². The number of ether oxygens (including phenoxy) is 3. The lowest BCUT2D eigenvalue weighted by atomic mass is 10.1. The van der Waals surface area contributed by atoms with Gasteiger partial charge in [0.1, 0.15) is 13.8 Å². The molecular formula is C15H20O4Si. The van der Waals surface area contributed by atoms with Crippen molar-refractivity contribution in [3.05, 3.63) is 29.3 Å². The molecule has 0 bridgehead atoms. The SMILES string of the molecule is COCOc1cc(C(=O)OC)ccc1C#C[Si](C)(C)C. The fourth-order valence-electron chi connectivity index (χ4n) is 1.37. The molecule has 0 atom stereocenters. The zero-order valence-electron chi connectivity index (χ0n) is 12.6. The summed E-state index contributed by atoms with van der Waals surface area (Å²) in [6.07, 6.45) is 0. The molecule has 0 saturated heterocycles. The van der Waals surface area contributed by atoms with E-state index in [2.05, 4.69) is 31.1 Å². The minimum atomic E-state index is -1.48. The van der Waals surface area contributed by atoms with Gasteiger partial charge in [0.25, 0.3) is 0 Å². The highest BCUT2D eigenvalue weighted by atomic mass is 28.3. The van der Waals surface area contributed by atoms with E-state index >= 15 is 0 Å². The van der Waals surface area contributed by atoms with Gasteiger partial charge in [-0.15, -0.1) is 5.54 Å². The average Bonchev–Trinajstić information content (AvgIpc) is 2.41. The zero-order valence-corrected chi connectivity index (χ0v) is 13.6. The monoisotopic (exact) mass is 292 g/mol. The summed E-state index contributed by atoms with van der Waals surface area (Å²) in [5.41, 5.74) is 4.44. The van der Waals surface area contributed by atoms with Crippen molar-refractivity contribution in [2.45, 2.75) is 19.6 Å². The molecule has 0 aliphatic heterocycles. The number of carbonyl (C=O) groups excluding carboxylic acids is 1. The van der Waals surface area contributed by atoms with Gasteiger partial charge in [0.15, 0.2) is 6.79 Å². The predicted molar refractivity (Wildman–Crippen MR) is 80.5 cm³/mol. The van der Waals surface area contributed by atoms with E-state index in [9.17, 15) is 4.79 Å². The molecule has 0 radical (unpaired) electrons. The first kappa shape index (κ1) is 16.3. The van der Waals surface area contributed by atoms with Gasteiger partial charge in [-0.3, -0.25) is 0 Å². The second-order valence-corrected chi connectivity index (χ2v) is 10.0. The van der Waals surface area contributed by atoms with Crippen molar-refractivity contribution in [3.8, 4) is 17.2 Å². The minimum Gasteiger partial charge on any atom is -0.466 e. The Morgan fingerprint density at radius 2 is 1.95 bits per heavy atom. The van der Waals surface area contributed by atoms with Crippen LogP contribution in [0, 0.1) is 11.5 Å². The van der Waals surface area contributed by atoms with Crippen LogP contribution < -0.4 is 4.74 Å². The van der Waals surface area contributed by atoms with E-state index in [1.807, 2.05) is 0 Å². The standard InChI is InChI=1S/C15H20O4Si/c1-17-11-19-14-10-13(15(16)18-2)7-6-12(14)8-9-20(3,4)5/h6-7,10H,11H2,1-5H3. The molecule has 0 fully saturated rings. The largest absolute Gasteiger partial charge is 0.466 e. The van der Waals surface area contributed by atoms with E-state index in [1.165, 1.54) is 14.2 Å². The van der Waals surface area contributed by atoms with Crippen molar-refractivity contribution in [2.24, 2.45) is 0 Å². The van der Waals surface area contributed by atoms with Crippen LogP contribution in [0.5, 0.6) is 5.75 Å². The highest BCUT2D eigenvalue weighted by Gasteiger charge is 2.11. The lowest BCUT2D eigenvalue weighted by Crippen LogP contribution is -2.16. The number of esters is 1. The molecule has 0 heterocycles. The van der Waals surface area contributed by atoms with Crippen molar-refractivity contribution in [2.75, 3.05) is 21.0 Å². The van der Waals surface area contributed by atoms with E-state index in [-0.39, 0.29) is 6.79 Å². The molecule has 0 amide bonds. The molecule has 0 saturated carbocycles. The molecule has 1 aromatic rings. The molecule has 0 N–H and O–H groups in total. The van der Waals surface area contributed by atoms with Crippen molar-refractivity contribution < 1.29 is 19.0 Å². The maximum absolute atomic E-state index is 11.5. The van der Waals surface area contributed by atoms with Crippen molar-refractivity contribution >= 4 is 14.0 Å². The molecule has 0 aromatic heterocycles. The number of methoxy groups -OCH3 is 2. The highest BCUT2D eigenvalue weighted by Crippen LogP contribution is 2.20. The molecule has 0 aliphatic carbocycles. The summed E-state index contributed by atoms with van der Waals surface area (Å²) in [7, 11) is 1.41. The quantitative estimate of drug-likeness (QED) is 0.370. The minimum absolute atomic E-state index is 0.103. The number of hydrogen-bond donors (Lipinski definition) is 0. The fourth-order valence-corrected chi connectivity index (χ4v) is 1.88. The molecule has 5 heteroatoms. The van der Waals surface area contributed by atoms with Gasteiger partial charge in [-0.1, -0.05) is 25.6 Å². The summed E-state index contributed by atoms with van der Waals surface area (Å²) in [6, 6.07) is 5.07. The molecule has 108 valence electrons. The Balaban J connectivity index is 3.15. The van der Waals surface area contributed by atoms with Gasteiger partial charge >= 0.3 is 5.97 Å². The number of benzene rings is 1. The molecule has 0 spiro atoms. The summed E-state index contributed by atoms with van der Waals surface area (Å²) in [5, 5.41) is 0. The smallest absolute Gasteiger partial charge is 0.337 e. The van der Waals surface area contributed by atoms with Crippen LogP contribution in [-0.2, 0) is 9.47 Å². The first-order valence-corrected chi connectivity index (χ1v) is 9.74. The third kappa shape index (κ3) is 5.08. The Labute approximate surface area is 121 Å². The van der Waals surface area contributed by atoms with Gasteiger partial charge in [0.05, 0.1) is 18.2 Å². The molecule has 20 heavy (non-hydrogen) atoms. The molecule has 0 unspecified atom stereocenters. The first-order chi connectivity index (χ1) is 9.37. The number of rotatable bonds is 4. The second kappa shape index (κ2) is 7.13. The van der Waals surface area contributed by atoms with E-state index in [0.717, 1.165) is 5.56 Å². The maximum Gasteiger partial charge on any atom is 0.337 e. The first-order valence-electron chi connectivity index (χ1n) is 6.24. The van der Waals surface area contributed by atoms with E-state index in [0.29, 0.717) is 11.3 Å². The Morgan fingerprint density at radius 1 is 1.25 bits per heavy atom. The summed E-state index contributed by atoms with van der Waals surface area (Å²) >= 11 is 0. The van der Waals surface area contributed by atoms with E-state index in [1.54, 1.807) is 18.2 Å². The normalized spacial score (nSPS) is 10.4. The number of carbonyl (C=O) groups is 1. The zero-order chi connectivity index (χ0) is 15.2. The van der Waals surface area contributed by atoms with E-state index < -0.39 is 14.0 Å². The van der Waals surface area contributed by atoms with Crippen LogP contribution in [0.1, 0.15) is 15.9 Å². The molecule has 4 nitrogen and oxygen atoms in total. The molecular weight excluding hydrogens is 272 g/mol. The van der Waals surface area contributed by atoms with Gasteiger partial charge in [-0.05, 0) is 18.2 Å². The molecule has 1 rings (SSSR count). The van der Waals surface area contributed by atoms with Crippen LogP contribution in [0.4, 0.5) is 0 Å². The third-order valence-electron chi connectivity index (χ3n) is 2.31. The topological polar surface area (TPSA) is 44.8 Å². The summed E-state index contributed by atoms with van der Waals surface area (Å²) in [5.74, 6) is 3.25. The van der Waals surface area contributed by atoms with Crippen LogP contribution in [0.2, 0.25) is 19.6 Å². The molecule has 0 aliphatic rings. The summed E-state index contributed by atoms with van der Waals surface area (Å²) in [6.45, 7) is 6.60. The Kier molecular flexibility index (Phi) is 5.80. The average molecular weight is 292 g/mol. The molecule has 1 aromatic carbocycles. The fraction of sp³-hybridized carbons (Fsp3) is 0.400. The van der Waals surface area contributed by atoms with Crippen molar-refractivity contribution in [1.82, 2.24) is 0 Å². The van der Waals surface area contributed by atoms with Gasteiger partial charge < -0.3 is 14.2 Å². The van der Waals surface area contributed by atoms with Gasteiger partial charge in [0, 0.05) is 7.11 Å².